The van der Waals surface area contributed by atoms with Gasteiger partial charge in [0.25, 0.3) is 0 Å². The molecule has 2 fully saturated rings. The molecule has 0 atom stereocenters. The molecule has 172 valence electrons. The maximum Gasteiger partial charge on any atom is 0.140 e. The van der Waals surface area contributed by atoms with Crippen molar-refractivity contribution in [1.82, 2.24) is 24.8 Å². The van der Waals surface area contributed by atoms with Gasteiger partial charge in [0.1, 0.15) is 5.65 Å². The monoisotopic (exact) mass is 443 g/mol. The van der Waals surface area contributed by atoms with Crippen LogP contribution < -0.4 is 5.32 Å². The summed E-state index contributed by atoms with van der Waals surface area (Å²) < 4.78 is 7.43. The van der Waals surface area contributed by atoms with Gasteiger partial charge >= 0.3 is 0 Å². The molecule has 6 rings (SSSR count). The Bertz CT molecular complexity index is 1290. The van der Waals surface area contributed by atoms with Crippen molar-refractivity contribution in [2.45, 2.75) is 63.5 Å². The third kappa shape index (κ3) is 3.65. The fraction of sp³-hybridized carbons (Fsp3) is 0.481. The maximum atomic E-state index is 5.32. The summed E-state index contributed by atoms with van der Waals surface area (Å²) >= 11 is 0. The van der Waals surface area contributed by atoms with E-state index in [1.807, 2.05) is 12.3 Å². The SMILES string of the molecule is CC(C)c1c(-c2cn(C)c3ncccc23)[nH]c2ccc(C3CCC(NC4COC4)CC3)nc12. The van der Waals surface area contributed by atoms with Gasteiger partial charge in [-0.1, -0.05) is 13.8 Å². The third-order valence-electron chi connectivity index (χ3n) is 7.54. The van der Waals surface area contributed by atoms with Crippen LogP contribution in [0.25, 0.3) is 33.3 Å². The number of rotatable bonds is 5. The van der Waals surface area contributed by atoms with Gasteiger partial charge in [0.2, 0.25) is 0 Å². The summed E-state index contributed by atoms with van der Waals surface area (Å²) in [7, 11) is 2.07. The zero-order valence-electron chi connectivity index (χ0n) is 19.8. The third-order valence-corrected chi connectivity index (χ3v) is 7.54. The van der Waals surface area contributed by atoms with Gasteiger partial charge in [-0.05, 0) is 55.9 Å². The Hall–Kier alpha value is -2.70. The molecule has 6 heteroatoms. The molecule has 0 aromatic carbocycles. The van der Waals surface area contributed by atoms with Gasteiger partial charge < -0.3 is 19.6 Å². The lowest BCUT2D eigenvalue weighted by Gasteiger charge is -2.35. The van der Waals surface area contributed by atoms with Gasteiger partial charge in [0, 0.05) is 53.6 Å². The molecule has 0 radical (unpaired) electrons. The number of hydrogen-bond donors (Lipinski definition) is 2. The van der Waals surface area contributed by atoms with Gasteiger partial charge in [-0.25, -0.2) is 4.98 Å². The Morgan fingerprint density at radius 1 is 1.09 bits per heavy atom. The molecule has 4 aromatic heterocycles. The summed E-state index contributed by atoms with van der Waals surface area (Å²) in [5, 5.41) is 4.94. The molecule has 2 aliphatic rings. The van der Waals surface area contributed by atoms with Crippen LogP contribution in [-0.2, 0) is 11.8 Å². The second-order valence-electron chi connectivity index (χ2n) is 10.2. The van der Waals surface area contributed by atoms with Gasteiger partial charge in [-0.2, -0.15) is 0 Å². The zero-order valence-corrected chi connectivity index (χ0v) is 19.8. The summed E-state index contributed by atoms with van der Waals surface area (Å²) in [6.07, 6.45) is 8.90. The van der Waals surface area contributed by atoms with E-state index in [4.69, 9.17) is 9.72 Å². The van der Waals surface area contributed by atoms with Crippen LogP contribution in [-0.4, -0.2) is 44.8 Å². The van der Waals surface area contributed by atoms with Crippen LogP contribution in [0.1, 0.15) is 62.6 Å². The Balaban J connectivity index is 1.34. The molecule has 1 saturated heterocycles. The average molecular weight is 444 g/mol. The number of H-pyrrole nitrogens is 1. The predicted molar refractivity (Wildman–Crippen MR) is 133 cm³/mol. The number of aryl methyl sites for hydroxylation is 1. The van der Waals surface area contributed by atoms with E-state index in [-0.39, 0.29) is 0 Å². The van der Waals surface area contributed by atoms with E-state index >= 15 is 0 Å². The minimum absolute atomic E-state index is 0.369. The fourth-order valence-electron chi connectivity index (χ4n) is 5.74. The fourth-order valence-corrected chi connectivity index (χ4v) is 5.74. The zero-order chi connectivity index (χ0) is 22.5. The second kappa shape index (κ2) is 8.26. The molecule has 0 spiro atoms. The van der Waals surface area contributed by atoms with E-state index in [0.29, 0.717) is 23.9 Å². The normalized spacial score (nSPS) is 21.8. The van der Waals surface area contributed by atoms with Crippen LogP contribution in [0.5, 0.6) is 0 Å². The highest BCUT2D eigenvalue weighted by atomic mass is 16.5. The molecule has 5 heterocycles. The van der Waals surface area contributed by atoms with Crippen molar-refractivity contribution in [2.24, 2.45) is 7.05 Å². The van der Waals surface area contributed by atoms with Crippen molar-refractivity contribution < 1.29 is 4.74 Å². The van der Waals surface area contributed by atoms with Crippen LogP contribution in [0.15, 0.2) is 36.7 Å². The van der Waals surface area contributed by atoms with Crippen molar-refractivity contribution >= 4 is 22.1 Å². The highest BCUT2D eigenvalue weighted by Crippen LogP contribution is 2.39. The van der Waals surface area contributed by atoms with Crippen LogP contribution in [0.3, 0.4) is 0 Å². The van der Waals surface area contributed by atoms with Crippen LogP contribution >= 0.6 is 0 Å². The number of fused-ring (bicyclic) bond motifs is 2. The van der Waals surface area contributed by atoms with Crippen molar-refractivity contribution in [1.29, 1.82) is 0 Å². The highest BCUT2D eigenvalue weighted by Gasteiger charge is 2.28. The van der Waals surface area contributed by atoms with Crippen molar-refractivity contribution in [2.75, 3.05) is 13.2 Å². The summed E-state index contributed by atoms with van der Waals surface area (Å²) in [5.41, 5.74) is 8.20. The Labute approximate surface area is 194 Å². The number of hydrogen-bond acceptors (Lipinski definition) is 4. The number of aromatic amines is 1. The highest BCUT2D eigenvalue weighted by molar-refractivity contribution is 5.98. The predicted octanol–water partition coefficient (Wildman–Crippen LogP) is 5.25. The maximum absolute atomic E-state index is 5.32. The minimum atomic E-state index is 0.369. The molecule has 0 bridgehead atoms. The molecule has 1 saturated carbocycles. The quantitative estimate of drug-likeness (QED) is 0.442. The first-order valence-electron chi connectivity index (χ1n) is 12.3. The summed E-state index contributed by atoms with van der Waals surface area (Å²) in [5.74, 6) is 0.915. The topological polar surface area (TPSA) is 67.8 Å². The van der Waals surface area contributed by atoms with Crippen molar-refractivity contribution in [3.63, 3.8) is 0 Å². The lowest BCUT2D eigenvalue weighted by atomic mass is 9.83. The second-order valence-corrected chi connectivity index (χ2v) is 10.2. The lowest BCUT2D eigenvalue weighted by molar-refractivity contribution is -0.0121. The number of pyridine rings is 2. The standard InChI is InChI=1S/C27H33N5O/c1-16(2)24-25(21-13-32(3)27-20(21)5-4-12-28-27)31-23-11-10-22(30-26(23)24)17-6-8-18(9-7-17)29-19-14-33-15-19/h4-5,10-13,16-19,29,31H,6-9,14-15H2,1-3H3. The van der Waals surface area contributed by atoms with Gasteiger partial charge in [0.15, 0.2) is 0 Å². The first-order valence-corrected chi connectivity index (χ1v) is 12.3. The molecule has 33 heavy (non-hydrogen) atoms. The van der Waals surface area contributed by atoms with Crippen molar-refractivity contribution in [3.8, 4) is 11.3 Å². The Morgan fingerprint density at radius 3 is 2.64 bits per heavy atom. The van der Waals surface area contributed by atoms with E-state index in [9.17, 15) is 0 Å². The number of nitrogens with zero attached hydrogens (tertiary/aromatic N) is 3. The van der Waals surface area contributed by atoms with Crippen LogP contribution in [0, 0.1) is 0 Å². The molecular formula is C27H33N5O. The van der Waals surface area contributed by atoms with E-state index in [2.05, 4.69) is 65.1 Å². The smallest absolute Gasteiger partial charge is 0.140 e. The van der Waals surface area contributed by atoms with Gasteiger partial charge in [0.05, 0.1) is 36.0 Å². The Morgan fingerprint density at radius 2 is 1.91 bits per heavy atom. The first kappa shape index (κ1) is 20.9. The van der Waals surface area contributed by atoms with E-state index < -0.39 is 0 Å². The first-order chi connectivity index (χ1) is 16.1. The van der Waals surface area contributed by atoms with Crippen LogP contribution in [0.4, 0.5) is 0 Å². The molecule has 0 amide bonds. The largest absolute Gasteiger partial charge is 0.378 e. The molecule has 1 aliphatic carbocycles. The summed E-state index contributed by atoms with van der Waals surface area (Å²) in [6, 6.07) is 9.86. The van der Waals surface area contributed by atoms with Gasteiger partial charge in [-0.3, -0.25) is 4.98 Å². The van der Waals surface area contributed by atoms with Crippen molar-refractivity contribution in [3.05, 3.63) is 47.9 Å². The Kier molecular flexibility index (Phi) is 5.23. The summed E-state index contributed by atoms with van der Waals surface area (Å²) in [4.78, 5) is 13.6. The van der Waals surface area contributed by atoms with Gasteiger partial charge in [-0.15, -0.1) is 0 Å². The number of ether oxygens (including phenoxy) is 1. The average Bonchev–Trinajstić information content (AvgIpc) is 3.34. The molecule has 4 aromatic rings. The lowest BCUT2D eigenvalue weighted by Crippen LogP contribution is -2.51. The molecule has 2 N–H and O–H groups in total. The van der Waals surface area contributed by atoms with Crippen LogP contribution in [0.2, 0.25) is 0 Å². The molecule has 0 unspecified atom stereocenters. The van der Waals surface area contributed by atoms with E-state index in [0.717, 1.165) is 29.9 Å². The molecule has 1 aliphatic heterocycles. The molecular weight excluding hydrogens is 410 g/mol. The number of aromatic nitrogens is 4. The van der Waals surface area contributed by atoms with E-state index in [1.54, 1.807) is 0 Å². The minimum Gasteiger partial charge on any atom is -0.378 e. The number of nitrogens with one attached hydrogen (secondary N) is 2. The molecule has 6 nitrogen and oxygen atoms in total. The summed E-state index contributed by atoms with van der Waals surface area (Å²) in [6.45, 7) is 6.28. The van der Waals surface area contributed by atoms with E-state index in [1.165, 1.54) is 53.6 Å².